The van der Waals surface area contributed by atoms with Crippen molar-refractivity contribution >= 4 is 0 Å². The minimum Gasteiger partial charge on any atom is -0.0794 e. The average molecular weight is 150 g/mol. The van der Waals surface area contributed by atoms with Crippen molar-refractivity contribution in [3.8, 4) is 0 Å². The zero-order chi connectivity index (χ0) is 7.73. The SMILES string of the molecule is CC1=CC2(CCCC2)CCC1. The van der Waals surface area contributed by atoms with Gasteiger partial charge in [0.25, 0.3) is 0 Å². The monoisotopic (exact) mass is 150 g/mol. The van der Waals surface area contributed by atoms with Crippen LogP contribution >= 0.6 is 0 Å². The molecule has 2 aliphatic rings. The van der Waals surface area contributed by atoms with Crippen LogP contribution in [0.15, 0.2) is 11.6 Å². The van der Waals surface area contributed by atoms with Crippen molar-refractivity contribution in [2.45, 2.75) is 51.9 Å². The standard InChI is InChI=1S/C11H18/c1-10-5-4-8-11(9-10)6-2-3-7-11/h9H,2-8H2,1H3. The minimum atomic E-state index is 0.683. The molecule has 0 aromatic rings. The van der Waals surface area contributed by atoms with Crippen molar-refractivity contribution < 1.29 is 0 Å². The van der Waals surface area contributed by atoms with E-state index in [0.29, 0.717) is 5.41 Å². The summed E-state index contributed by atoms with van der Waals surface area (Å²) in [5.41, 5.74) is 2.33. The highest BCUT2D eigenvalue weighted by Crippen LogP contribution is 2.46. The Bertz CT molecular complexity index is 170. The molecule has 0 heteroatoms. The quantitative estimate of drug-likeness (QED) is 0.462. The smallest absolute Gasteiger partial charge is 0.0116 e. The van der Waals surface area contributed by atoms with Crippen LogP contribution in [0, 0.1) is 5.41 Å². The molecule has 2 aliphatic carbocycles. The zero-order valence-corrected chi connectivity index (χ0v) is 7.53. The van der Waals surface area contributed by atoms with Gasteiger partial charge < -0.3 is 0 Å². The molecule has 0 N–H and O–H groups in total. The maximum atomic E-state index is 2.59. The summed E-state index contributed by atoms with van der Waals surface area (Å²) < 4.78 is 0. The Morgan fingerprint density at radius 1 is 1.09 bits per heavy atom. The molecule has 1 saturated carbocycles. The number of hydrogen-bond acceptors (Lipinski definition) is 0. The largest absolute Gasteiger partial charge is 0.0794 e. The van der Waals surface area contributed by atoms with E-state index in [4.69, 9.17) is 0 Å². The fourth-order valence-corrected chi connectivity index (χ4v) is 2.86. The lowest BCUT2D eigenvalue weighted by atomic mass is 9.75. The molecule has 0 amide bonds. The summed E-state index contributed by atoms with van der Waals surface area (Å²) in [6.45, 7) is 2.30. The highest BCUT2D eigenvalue weighted by Gasteiger charge is 2.32. The lowest BCUT2D eigenvalue weighted by molar-refractivity contribution is 0.333. The van der Waals surface area contributed by atoms with Gasteiger partial charge in [-0.25, -0.2) is 0 Å². The van der Waals surface area contributed by atoms with Gasteiger partial charge in [0.1, 0.15) is 0 Å². The van der Waals surface area contributed by atoms with E-state index in [1.807, 2.05) is 0 Å². The van der Waals surface area contributed by atoms with Gasteiger partial charge >= 0.3 is 0 Å². The van der Waals surface area contributed by atoms with Crippen LogP contribution < -0.4 is 0 Å². The first-order valence-corrected chi connectivity index (χ1v) is 4.99. The molecule has 0 atom stereocenters. The van der Waals surface area contributed by atoms with E-state index in [1.165, 1.54) is 44.9 Å². The summed E-state index contributed by atoms with van der Waals surface area (Å²) >= 11 is 0. The van der Waals surface area contributed by atoms with Crippen LogP contribution in [0.2, 0.25) is 0 Å². The molecule has 0 unspecified atom stereocenters. The van der Waals surface area contributed by atoms with Gasteiger partial charge in [-0.3, -0.25) is 0 Å². The third kappa shape index (κ3) is 1.36. The molecule has 0 saturated heterocycles. The van der Waals surface area contributed by atoms with Crippen molar-refractivity contribution in [1.82, 2.24) is 0 Å². The third-order valence-electron chi connectivity index (χ3n) is 3.40. The van der Waals surface area contributed by atoms with Gasteiger partial charge in [0.15, 0.2) is 0 Å². The Morgan fingerprint density at radius 3 is 2.36 bits per heavy atom. The second-order valence-corrected chi connectivity index (χ2v) is 4.41. The molecular weight excluding hydrogens is 132 g/mol. The van der Waals surface area contributed by atoms with E-state index in [0.717, 1.165) is 0 Å². The van der Waals surface area contributed by atoms with E-state index in [-0.39, 0.29) is 0 Å². The maximum absolute atomic E-state index is 2.59. The summed E-state index contributed by atoms with van der Waals surface area (Å²) in [4.78, 5) is 0. The van der Waals surface area contributed by atoms with Gasteiger partial charge in [-0.05, 0) is 44.4 Å². The van der Waals surface area contributed by atoms with Gasteiger partial charge in [0.05, 0.1) is 0 Å². The van der Waals surface area contributed by atoms with Crippen LogP contribution in [-0.4, -0.2) is 0 Å². The van der Waals surface area contributed by atoms with Crippen LogP contribution in [0.5, 0.6) is 0 Å². The lowest BCUT2D eigenvalue weighted by Gasteiger charge is -2.30. The van der Waals surface area contributed by atoms with Gasteiger partial charge in [0, 0.05) is 0 Å². The molecular formula is C11H18. The third-order valence-corrected chi connectivity index (χ3v) is 3.40. The van der Waals surface area contributed by atoms with Crippen molar-refractivity contribution in [1.29, 1.82) is 0 Å². The number of hydrogen-bond donors (Lipinski definition) is 0. The van der Waals surface area contributed by atoms with Crippen LogP contribution in [0.4, 0.5) is 0 Å². The van der Waals surface area contributed by atoms with Crippen molar-refractivity contribution in [3.05, 3.63) is 11.6 Å². The summed E-state index contributed by atoms with van der Waals surface area (Å²) in [5, 5.41) is 0. The van der Waals surface area contributed by atoms with Crippen LogP contribution in [0.25, 0.3) is 0 Å². The molecule has 2 rings (SSSR count). The average Bonchev–Trinajstić information content (AvgIpc) is 2.37. The van der Waals surface area contributed by atoms with Gasteiger partial charge in [0.2, 0.25) is 0 Å². The fourth-order valence-electron chi connectivity index (χ4n) is 2.86. The Balaban J connectivity index is 2.17. The van der Waals surface area contributed by atoms with Crippen LogP contribution in [0.1, 0.15) is 51.9 Å². The van der Waals surface area contributed by atoms with Gasteiger partial charge in [-0.15, -0.1) is 0 Å². The first-order chi connectivity index (χ1) is 5.31. The number of allylic oxidation sites excluding steroid dienone is 2. The number of rotatable bonds is 0. The highest BCUT2D eigenvalue weighted by molar-refractivity contribution is 5.12. The van der Waals surface area contributed by atoms with E-state index < -0.39 is 0 Å². The Kier molecular flexibility index (Phi) is 1.78. The Hall–Kier alpha value is -0.260. The van der Waals surface area contributed by atoms with Crippen LogP contribution in [0.3, 0.4) is 0 Å². The summed E-state index contributed by atoms with van der Waals surface area (Å²) in [7, 11) is 0. The van der Waals surface area contributed by atoms with Crippen LogP contribution in [-0.2, 0) is 0 Å². The second kappa shape index (κ2) is 2.66. The molecule has 11 heavy (non-hydrogen) atoms. The van der Waals surface area contributed by atoms with E-state index in [2.05, 4.69) is 13.0 Å². The molecule has 0 heterocycles. The molecule has 1 spiro atoms. The highest BCUT2D eigenvalue weighted by atomic mass is 14.4. The summed E-state index contributed by atoms with van der Waals surface area (Å²) in [6.07, 6.45) is 12.8. The fraction of sp³-hybridized carbons (Fsp3) is 0.818. The summed E-state index contributed by atoms with van der Waals surface area (Å²) in [5.74, 6) is 0. The normalized spacial score (nSPS) is 29.0. The predicted octanol–water partition coefficient (Wildman–Crippen LogP) is 3.68. The zero-order valence-electron chi connectivity index (χ0n) is 7.53. The van der Waals surface area contributed by atoms with Crippen molar-refractivity contribution in [2.24, 2.45) is 5.41 Å². The Labute approximate surface area is 69.7 Å². The second-order valence-electron chi connectivity index (χ2n) is 4.41. The molecule has 0 aliphatic heterocycles. The first-order valence-electron chi connectivity index (χ1n) is 4.99. The molecule has 1 fully saturated rings. The topological polar surface area (TPSA) is 0 Å². The van der Waals surface area contributed by atoms with Gasteiger partial charge in [-0.2, -0.15) is 0 Å². The predicted molar refractivity (Wildman–Crippen MR) is 48.5 cm³/mol. The molecule has 0 aromatic carbocycles. The molecule has 0 nitrogen and oxygen atoms in total. The maximum Gasteiger partial charge on any atom is -0.0116 e. The Morgan fingerprint density at radius 2 is 1.73 bits per heavy atom. The minimum absolute atomic E-state index is 0.683. The van der Waals surface area contributed by atoms with E-state index in [9.17, 15) is 0 Å². The molecule has 0 radical (unpaired) electrons. The molecule has 62 valence electrons. The first kappa shape index (κ1) is 7.39. The van der Waals surface area contributed by atoms with Crippen molar-refractivity contribution in [3.63, 3.8) is 0 Å². The van der Waals surface area contributed by atoms with Crippen molar-refractivity contribution in [2.75, 3.05) is 0 Å². The lowest BCUT2D eigenvalue weighted by Crippen LogP contribution is -2.16. The summed E-state index contributed by atoms with van der Waals surface area (Å²) in [6, 6.07) is 0. The van der Waals surface area contributed by atoms with E-state index >= 15 is 0 Å². The molecule has 0 aromatic heterocycles. The van der Waals surface area contributed by atoms with Gasteiger partial charge in [-0.1, -0.05) is 24.5 Å². The molecule has 0 bridgehead atoms. The van der Waals surface area contributed by atoms with E-state index in [1.54, 1.807) is 5.57 Å².